The molecule has 0 radical (unpaired) electrons. The van der Waals surface area contributed by atoms with Gasteiger partial charge in [-0.25, -0.2) is 0 Å². The van der Waals surface area contributed by atoms with E-state index in [-0.39, 0.29) is 19.1 Å². The van der Waals surface area contributed by atoms with E-state index < -0.39 is 5.97 Å². The van der Waals surface area contributed by atoms with Crippen molar-refractivity contribution in [3.05, 3.63) is 102 Å². The average Bonchev–Trinajstić information content (AvgIpc) is 2.74. The lowest BCUT2D eigenvalue weighted by Gasteiger charge is -2.21. The van der Waals surface area contributed by atoms with Gasteiger partial charge in [0.1, 0.15) is 0 Å². The zero-order chi connectivity index (χ0) is 21.2. The molecule has 3 rings (SSSR count). The van der Waals surface area contributed by atoms with Gasteiger partial charge in [-0.15, -0.1) is 0 Å². The van der Waals surface area contributed by atoms with Crippen LogP contribution in [0.25, 0.3) is 0 Å². The molecule has 0 unspecified atom stereocenters. The van der Waals surface area contributed by atoms with Crippen LogP contribution in [0, 0.1) is 6.92 Å². The van der Waals surface area contributed by atoms with Crippen molar-refractivity contribution in [2.45, 2.75) is 20.0 Å². The SMILES string of the molecule is Cc1cccc(NC(=O)COC(=O)CN(Cc2ccccc2)Cc2ccccc2)c1. The van der Waals surface area contributed by atoms with Crippen molar-refractivity contribution in [3.8, 4) is 0 Å². The lowest BCUT2D eigenvalue weighted by Crippen LogP contribution is -2.32. The molecule has 0 atom stereocenters. The van der Waals surface area contributed by atoms with Crippen molar-refractivity contribution >= 4 is 17.6 Å². The predicted molar refractivity (Wildman–Crippen MR) is 118 cm³/mol. The Balaban J connectivity index is 1.54. The lowest BCUT2D eigenvalue weighted by molar-refractivity contribution is -0.148. The molecule has 154 valence electrons. The smallest absolute Gasteiger partial charge is 0.320 e. The molecule has 1 amide bonds. The van der Waals surface area contributed by atoms with E-state index in [0.29, 0.717) is 18.8 Å². The monoisotopic (exact) mass is 402 g/mol. The molecule has 0 saturated carbocycles. The van der Waals surface area contributed by atoms with Gasteiger partial charge in [0.2, 0.25) is 0 Å². The van der Waals surface area contributed by atoms with E-state index in [2.05, 4.69) is 5.32 Å². The Morgan fingerprint density at radius 3 is 2.00 bits per heavy atom. The van der Waals surface area contributed by atoms with E-state index in [1.54, 1.807) is 6.07 Å². The van der Waals surface area contributed by atoms with Crippen LogP contribution in [-0.2, 0) is 27.4 Å². The molecule has 5 heteroatoms. The zero-order valence-electron chi connectivity index (χ0n) is 17.1. The van der Waals surface area contributed by atoms with Crippen molar-refractivity contribution in [2.24, 2.45) is 0 Å². The van der Waals surface area contributed by atoms with Gasteiger partial charge in [-0.1, -0.05) is 72.8 Å². The van der Waals surface area contributed by atoms with E-state index >= 15 is 0 Å². The summed E-state index contributed by atoms with van der Waals surface area (Å²) in [7, 11) is 0. The maximum absolute atomic E-state index is 12.4. The van der Waals surface area contributed by atoms with Crippen LogP contribution in [0.2, 0.25) is 0 Å². The summed E-state index contributed by atoms with van der Waals surface area (Å²) in [6, 6.07) is 27.4. The summed E-state index contributed by atoms with van der Waals surface area (Å²) in [6.07, 6.45) is 0. The Hall–Kier alpha value is -3.44. The fraction of sp³-hybridized carbons (Fsp3) is 0.200. The van der Waals surface area contributed by atoms with Crippen LogP contribution in [0.1, 0.15) is 16.7 Å². The summed E-state index contributed by atoms with van der Waals surface area (Å²) in [5.41, 5.74) is 3.95. The van der Waals surface area contributed by atoms with Gasteiger partial charge >= 0.3 is 5.97 Å². The molecule has 0 bridgehead atoms. The Bertz CT molecular complexity index is 917. The summed E-state index contributed by atoms with van der Waals surface area (Å²) < 4.78 is 5.22. The van der Waals surface area contributed by atoms with Crippen LogP contribution in [0.5, 0.6) is 0 Å². The fourth-order valence-corrected chi connectivity index (χ4v) is 3.15. The molecule has 3 aromatic rings. The zero-order valence-corrected chi connectivity index (χ0v) is 17.1. The third-order valence-electron chi connectivity index (χ3n) is 4.52. The molecule has 5 nitrogen and oxygen atoms in total. The summed E-state index contributed by atoms with van der Waals surface area (Å²) in [6.45, 7) is 2.96. The minimum Gasteiger partial charge on any atom is -0.455 e. The van der Waals surface area contributed by atoms with Crippen LogP contribution in [-0.4, -0.2) is 29.9 Å². The van der Waals surface area contributed by atoms with Crippen LogP contribution in [0.3, 0.4) is 0 Å². The quantitative estimate of drug-likeness (QED) is 0.546. The van der Waals surface area contributed by atoms with Crippen molar-refractivity contribution in [1.82, 2.24) is 4.90 Å². The lowest BCUT2D eigenvalue weighted by atomic mass is 10.1. The van der Waals surface area contributed by atoms with Crippen LogP contribution in [0.15, 0.2) is 84.9 Å². The second-order valence-corrected chi connectivity index (χ2v) is 7.19. The molecule has 0 aromatic heterocycles. The van der Waals surface area contributed by atoms with Gasteiger partial charge in [0.25, 0.3) is 5.91 Å². The highest BCUT2D eigenvalue weighted by Gasteiger charge is 2.15. The number of benzene rings is 3. The molecule has 1 N–H and O–H groups in total. The largest absolute Gasteiger partial charge is 0.455 e. The number of aryl methyl sites for hydroxylation is 1. The number of hydrogen-bond acceptors (Lipinski definition) is 4. The van der Waals surface area contributed by atoms with Crippen molar-refractivity contribution < 1.29 is 14.3 Å². The number of ether oxygens (including phenoxy) is 1. The Labute approximate surface area is 177 Å². The van der Waals surface area contributed by atoms with E-state index in [1.165, 1.54) is 0 Å². The molecular weight excluding hydrogens is 376 g/mol. The van der Waals surface area contributed by atoms with E-state index in [1.807, 2.05) is 90.7 Å². The maximum atomic E-state index is 12.4. The number of nitrogens with zero attached hydrogens (tertiary/aromatic N) is 1. The van der Waals surface area contributed by atoms with Crippen molar-refractivity contribution in [2.75, 3.05) is 18.5 Å². The number of rotatable bonds is 9. The van der Waals surface area contributed by atoms with E-state index in [4.69, 9.17) is 4.74 Å². The first-order valence-corrected chi connectivity index (χ1v) is 9.91. The summed E-state index contributed by atoms with van der Waals surface area (Å²) in [5.74, 6) is -0.784. The second-order valence-electron chi connectivity index (χ2n) is 7.19. The maximum Gasteiger partial charge on any atom is 0.320 e. The fourth-order valence-electron chi connectivity index (χ4n) is 3.15. The third-order valence-corrected chi connectivity index (χ3v) is 4.52. The number of carbonyl (C=O) groups is 2. The van der Waals surface area contributed by atoms with Crippen LogP contribution >= 0.6 is 0 Å². The van der Waals surface area contributed by atoms with E-state index in [0.717, 1.165) is 16.7 Å². The highest BCUT2D eigenvalue weighted by atomic mass is 16.5. The highest BCUT2D eigenvalue weighted by molar-refractivity contribution is 5.92. The molecule has 30 heavy (non-hydrogen) atoms. The molecule has 3 aromatic carbocycles. The molecule has 0 spiro atoms. The van der Waals surface area contributed by atoms with Crippen LogP contribution in [0.4, 0.5) is 5.69 Å². The summed E-state index contributed by atoms with van der Waals surface area (Å²) >= 11 is 0. The number of hydrogen-bond donors (Lipinski definition) is 1. The molecule has 0 saturated heterocycles. The number of carbonyl (C=O) groups excluding carboxylic acids is 2. The first-order chi connectivity index (χ1) is 14.6. The molecule has 0 aliphatic heterocycles. The summed E-state index contributed by atoms with van der Waals surface area (Å²) in [4.78, 5) is 26.5. The average molecular weight is 402 g/mol. The third kappa shape index (κ3) is 7.18. The minimum absolute atomic E-state index is 0.0987. The number of esters is 1. The minimum atomic E-state index is -0.429. The Morgan fingerprint density at radius 1 is 0.833 bits per heavy atom. The van der Waals surface area contributed by atoms with Crippen molar-refractivity contribution in [1.29, 1.82) is 0 Å². The van der Waals surface area contributed by atoms with Crippen LogP contribution < -0.4 is 5.32 Å². The topological polar surface area (TPSA) is 58.6 Å². The molecular formula is C25H26N2O3. The van der Waals surface area contributed by atoms with Gasteiger partial charge < -0.3 is 10.1 Å². The van der Waals surface area contributed by atoms with Gasteiger partial charge in [0.15, 0.2) is 6.61 Å². The summed E-state index contributed by atoms with van der Waals surface area (Å²) in [5, 5.41) is 2.74. The van der Waals surface area contributed by atoms with E-state index in [9.17, 15) is 9.59 Å². The molecule has 0 heterocycles. The number of anilines is 1. The van der Waals surface area contributed by atoms with Crippen molar-refractivity contribution in [3.63, 3.8) is 0 Å². The first-order valence-electron chi connectivity index (χ1n) is 9.91. The van der Waals surface area contributed by atoms with Gasteiger partial charge in [0.05, 0.1) is 6.54 Å². The molecule has 0 aliphatic carbocycles. The number of amides is 1. The number of nitrogens with one attached hydrogen (secondary N) is 1. The van der Waals surface area contributed by atoms with Gasteiger partial charge in [0, 0.05) is 18.8 Å². The normalized spacial score (nSPS) is 10.6. The Kier molecular flexibility index (Phi) is 7.75. The predicted octanol–water partition coefficient (Wildman–Crippen LogP) is 4.18. The van der Waals surface area contributed by atoms with Gasteiger partial charge in [-0.2, -0.15) is 0 Å². The van der Waals surface area contributed by atoms with Gasteiger partial charge in [-0.05, 0) is 35.7 Å². The molecule has 0 aliphatic rings. The standard InChI is InChI=1S/C25H26N2O3/c1-20-9-8-14-23(15-20)26-24(28)19-30-25(29)18-27(16-21-10-4-2-5-11-21)17-22-12-6-3-7-13-22/h2-15H,16-19H2,1H3,(H,26,28). The first kappa shape index (κ1) is 21.3. The second kappa shape index (κ2) is 10.9. The van der Waals surface area contributed by atoms with Gasteiger partial charge in [-0.3, -0.25) is 14.5 Å². The Morgan fingerprint density at radius 2 is 1.43 bits per heavy atom. The molecule has 0 fully saturated rings. The highest BCUT2D eigenvalue weighted by Crippen LogP contribution is 2.11.